The molecule has 0 spiro atoms. The van der Waals surface area contributed by atoms with Gasteiger partial charge in [-0.1, -0.05) is 109 Å². The van der Waals surface area contributed by atoms with Crippen LogP contribution in [0.1, 0.15) is 30.5 Å². The van der Waals surface area contributed by atoms with Crippen LogP contribution in [0.3, 0.4) is 0 Å². The maximum Gasteiger partial charge on any atom is 0.111 e. The Labute approximate surface area is 258 Å². The Morgan fingerprint density at radius 3 is 1.88 bits per heavy atom. The summed E-state index contributed by atoms with van der Waals surface area (Å²) in [6, 6.07) is 2.20. The molecule has 0 fully saturated rings. The first kappa shape index (κ1) is 11.1. The van der Waals surface area contributed by atoms with Crippen molar-refractivity contribution < 1.29 is 24.7 Å². The molecule has 1 aromatic heterocycles. The summed E-state index contributed by atoms with van der Waals surface area (Å²) in [4.78, 5) is 4.34. The summed E-state index contributed by atoms with van der Waals surface area (Å²) in [5.41, 5.74) is 0.395. The van der Waals surface area contributed by atoms with Crippen molar-refractivity contribution in [2.24, 2.45) is 0 Å². The van der Waals surface area contributed by atoms with Gasteiger partial charge in [0.1, 0.15) is 5.82 Å². The average molecular weight is 529 g/mol. The van der Waals surface area contributed by atoms with Crippen LogP contribution in [0, 0.1) is 6.85 Å². The van der Waals surface area contributed by atoms with Crippen LogP contribution in [0.25, 0.3) is 71.3 Å². The maximum atomic E-state index is 9.36. The van der Waals surface area contributed by atoms with E-state index >= 15 is 0 Å². The van der Waals surface area contributed by atoms with Crippen LogP contribution in [-0.4, -0.2) is 9.55 Å². The van der Waals surface area contributed by atoms with Gasteiger partial charge in [-0.3, -0.25) is 4.57 Å². The van der Waals surface area contributed by atoms with E-state index in [1.54, 1.807) is 24.3 Å². The van der Waals surface area contributed by atoms with Crippen molar-refractivity contribution in [3.8, 4) is 27.9 Å². The van der Waals surface area contributed by atoms with Gasteiger partial charge in [0, 0.05) is 9.80 Å². The first-order valence-electron chi connectivity index (χ1n) is 21.3. The Bertz CT molecular complexity index is 3070. The second-order valence-corrected chi connectivity index (χ2v) is 9.06. The van der Waals surface area contributed by atoms with Crippen LogP contribution < -0.4 is 0 Å². The van der Waals surface area contributed by atoms with Crippen molar-refractivity contribution in [3.05, 3.63) is 145 Å². The standard InChI is InChI=1S/C38H26N2/c1-25-39-35-16-8-9-17-36(35)40(25)30-22-20-27(21-23-30)37-31-12-4-6-14-33(31)38(34-15-7-5-13-32(34)37)29-19-18-26-10-2-3-11-28(26)24-29/h2-24H,1H3/i1D3,2D,3D,4D,5D,6D,7D,10D,11D,12D,13D,14D,15D,18D,19D,24D. The molecule has 0 aliphatic heterocycles. The highest BCUT2D eigenvalue weighted by Crippen LogP contribution is 2.44. The molecule has 8 aromatic rings. The molecule has 0 aliphatic carbocycles. The van der Waals surface area contributed by atoms with Crippen LogP contribution in [0.4, 0.5) is 0 Å². The maximum absolute atomic E-state index is 9.36. The van der Waals surface area contributed by atoms with E-state index in [1.165, 1.54) is 28.8 Å². The lowest BCUT2D eigenvalue weighted by atomic mass is 9.85. The van der Waals surface area contributed by atoms with Gasteiger partial charge in [-0.2, -0.15) is 0 Å². The van der Waals surface area contributed by atoms with E-state index in [0.717, 1.165) is 0 Å². The molecule has 40 heavy (non-hydrogen) atoms. The third-order valence-corrected chi connectivity index (χ3v) is 6.85. The van der Waals surface area contributed by atoms with Crippen molar-refractivity contribution in [2.45, 2.75) is 6.85 Å². The molecule has 8 rings (SSSR count). The summed E-state index contributed by atoms with van der Waals surface area (Å²) in [5.74, 6) is -0.226. The lowest BCUT2D eigenvalue weighted by Crippen LogP contribution is -1.97. The molecule has 0 saturated carbocycles. The number of para-hydroxylation sites is 2. The highest BCUT2D eigenvalue weighted by atomic mass is 15.1. The molecular formula is C38H26N2. The normalized spacial score (nSPS) is 18.3. The van der Waals surface area contributed by atoms with E-state index in [4.69, 9.17) is 16.4 Å². The monoisotopic (exact) mass is 528 g/mol. The van der Waals surface area contributed by atoms with Crippen molar-refractivity contribution in [1.29, 1.82) is 0 Å². The third-order valence-electron chi connectivity index (χ3n) is 6.85. The van der Waals surface area contributed by atoms with Crippen molar-refractivity contribution in [3.63, 3.8) is 0 Å². The Hall–Kier alpha value is -5.21. The molecule has 7 aromatic carbocycles. The Balaban J connectivity index is 1.59. The number of aryl methyl sites for hydroxylation is 1. The zero-order valence-corrected chi connectivity index (χ0v) is 20.5. The van der Waals surface area contributed by atoms with Crippen LogP contribution >= 0.6 is 0 Å². The van der Waals surface area contributed by atoms with Crippen molar-refractivity contribution >= 4 is 43.4 Å². The quantitative estimate of drug-likeness (QED) is 0.209. The number of rotatable bonds is 3. The molecule has 188 valence electrons. The molecule has 2 heteroatoms. The molecule has 0 unspecified atom stereocenters. The topological polar surface area (TPSA) is 17.8 Å². The predicted molar refractivity (Wildman–Crippen MR) is 169 cm³/mol. The Morgan fingerprint density at radius 2 is 1.20 bits per heavy atom. The van der Waals surface area contributed by atoms with E-state index in [2.05, 4.69) is 4.98 Å². The predicted octanol–water partition coefficient (Wildman–Crippen LogP) is 10.1. The van der Waals surface area contributed by atoms with Gasteiger partial charge in [0.2, 0.25) is 0 Å². The summed E-state index contributed by atoms with van der Waals surface area (Å²) in [7, 11) is 0. The first-order valence-corrected chi connectivity index (χ1v) is 12.3. The molecular weight excluding hydrogens is 484 g/mol. The number of nitrogens with zero attached hydrogens (tertiary/aromatic N) is 2. The van der Waals surface area contributed by atoms with Gasteiger partial charge in [0.25, 0.3) is 0 Å². The molecule has 0 aliphatic rings. The van der Waals surface area contributed by atoms with Gasteiger partial charge in [-0.25, -0.2) is 4.98 Å². The summed E-state index contributed by atoms with van der Waals surface area (Å²) < 4.78 is 159. The van der Waals surface area contributed by atoms with Crippen molar-refractivity contribution in [2.75, 3.05) is 0 Å². The van der Waals surface area contributed by atoms with Crippen LogP contribution in [0.2, 0.25) is 0 Å². The molecule has 0 radical (unpaired) electrons. The molecule has 0 N–H and O–H groups in total. The van der Waals surface area contributed by atoms with E-state index < -0.39 is 119 Å². The van der Waals surface area contributed by atoms with Crippen LogP contribution in [-0.2, 0) is 0 Å². The molecule has 1 heterocycles. The highest BCUT2D eigenvalue weighted by Gasteiger charge is 2.17. The van der Waals surface area contributed by atoms with Crippen molar-refractivity contribution in [1.82, 2.24) is 9.55 Å². The van der Waals surface area contributed by atoms with Gasteiger partial charge in [-0.05, 0) is 91.7 Å². The third kappa shape index (κ3) is 3.47. The largest absolute Gasteiger partial charge is 0.297 e. The van der Waals surface area contributed by atoms with E-state index in [-0.39, 0.29) is 38.5 Å². The van der Waals surface area contributed by atoms with Crippen LogP contribution in [0.15, 0.2) is 139 Å². The van der Waals surface area contributed by atoms with Gasteiger partial charge in [-0.15, -0.1) is 0 Å². The zero-order valence-electron chi connectivity index (χ0n) is 38.5. The minimum absolute atomic E-state index is 0.0716. The second kappa shape index (κ2) is 8.93. The van der Waals surface area contributed by atoms with Gasteiger partial charge < -0.3 is 0 Å². The fourth-order valence-corrected chi connectivity index (χ4v) is 5.13. The van der Waals surface area contributed by atoms with E-state index in [1.807, 2.05) is 0 Å². The number of hydrogen-bond acceptors (Lipinski definition) is 1. The van der Waals surface area contributed by atoms with Gasteiger partial charge >= 0.3 is 0 Å². The SMILES string of the molecule is [2H]c1c([2H])c([2H])c2c([2H])c(-c3c4c([2H])c([2H])c([2H])c([2H])c4c(-c4ccc(-n5c(C([2H])([2H])[2H])nc6ccccc65)cc4)c4c([2H])c([2H])c([2H])c([2H])c34)c([2H])c([2H])c2c1[2H]. The molecule has 0 amide bonds. The fourth-order valence-electron chi connectivity index (χ4n) is 5.13. The van der Waals surface area contributed by atoms with Crippen LogP contribution in [0.5, 0.6) is 0 Å². The summed E-state index contributed by atoms with van der Waals surface area (Å²) in [6.07, 6.45) is 0. The summed E-state index contributed by atoms with van der Waals surface area (Å²) in [6.45, 7) is -2.63. The fraction of sp³-hybridized carbons (Fsp3) is 0.0263. The van der Waals surface area contributed by atoms with E-state index in [9.17, 15) is 8.22 Å². The number of fused-ring (bicyclic) bond motifs is 4. The minimum atomic E-state index is -2.63. The lowest BCUT2D eigenvalue weighted by Gasteiger charge is -2.18. The van der Waals surface area contributed by atoms with Gasteiger partial charge in [0.15, 0.2) is 0 Å². The Morgan fingerprint density at radius 1 is 0.600 bits per heavy atom. The number of benzene rings is 7. The number of hydrogen-bond donors (Lipinski definition) is 0. The Kier molecular flexibility index (Phi) is 2.48. The molecule has 0 bridgehead atoms. The number of imidazole rings is 1. The smallest absolute Gasteiger partial charge is 0.111 e. The highest BCUT2D eigenvalue weighted by molar-refractivity contribution is 6.21. The molecule has 2 nitrogen and oxygen atoms in total. The summed E-state index contributed by atoms with van der Waals surface area (Å²) in [5, 5.41) is -2.16. The average Bonchev–Trinajstić information content (AvgIpc) is 3.60. The second-order valence-electron chi connectivity index (χ2n) is 9.06. The van der Waals surface area contributed by atoms with Gasteiger partial charge in [0.05, 0.1) is 31.6 Å². The number of aromatic nitrogens is 2. The summed E-state index contributed by atoms with van der Waals surface area (Å²) >= 11 is 0. The molecule has 0 atom stereocenters. The minimum Gasteiger partial charge on any atom is -0.297 e. The van der Waals surface area contributed by atoms with E-state index in [0.29, 0.717) is 16.7 Å². The molecule has 0 saturated heterocycles. The first-order chi connectivity index (χ1) is 27.2. The zero-order chi connectivity index (χ0) is 42.2. The lowest BCUT2D eigenvalue weighted by molar-refractivity contribution is 1.00.